The molecule has 136 valence electrons. The summed E-state index contributed by atoms with van der Waals surface area (Å²) in [6.07, 6.45) is -0.604. The van der Waals surface area contributed by atoms with Crippen LogP contribution in [-0.4, -0.2) is 40.2 Å². The summed E-state index contributed by atoms with van der Waals surface area (Å²) in [5, 5.41) is 16.3. The van der Waals surface area contributed by atoms with Crippen LogP contribution in [0.1, 0.15) is 18.2 Å². The van der Waals surface area contributed by atoms with Crippen molar-refractivity contribution in [3.05, 3.63) is 71.1 Å². The summed E-state index contributed by atoms with van der Waals surface area (Å²) in [6, 6.07) is 16.1. The number of para-hydroxylation sites is 1. The average Bonchev–Trinajstić information content (AvgIpc) is 2.90. The van der Waals surface area contributed by atoms with E-state index in [0.717, 1.165) is 0 Å². The second-order valence-corrected chi connectivity index (χ2v) is 6.07. The van der Waals surface area contributed by atoms with Crippen molar-refractivity contribution in [1.29, 1.82) is 0 Å². The third-order valence-corrected chi connectivity index (χ3v) is 4.40. The molecular weight excluding hydrogens is 346 g/mol. The van der Waals surface area contributed by atoms with E-state index in [4.69, 9.17) is 4.74 Å². The Labute approximate surface area is 155 Å². The van der Waals surface area contributed by atoms with Crippen LogP contribution in [0.3, 0.4) is 0 Å². The maximum absolute atomic E-state index is 12.9. The van der Waals surface area contributed by atoms with Crippen LogP contribution in [0.25, 0.3) is 10.9 Å². The Morgan fingerprint density at radius 2 is 1.89 bits per heavy atom. The van der Waals surface area contributed by atoms with Crippen LogP contribution < -0.4 is 5.32 Å². The number of hydroxylamine groups is 1. The van der Waals surface area contributed by atoms with E-state index in [1.54, 1.807) is 49.4 Å². The predicted molar refractivity (Wildman–Crippen MR) is 101 cm³/mol. The van der Waals surface area contributed by atoms with Gasteiger partial charge in [-0.2, -0.15) is 4.74 Å². The number of carbonyl (C=O) groups excluding carboxylic acids is 2. The van der Waals surface area contributed by atoms with Crippen molar-refractivity contribution in [3.8, 4) is 0 Å². The van der Waals surface area contributed by atoms with Gasteiger partial charge in [0, 0.05) is 10.9 Å². The number of anilines is 1. The van der Waals surface area contributed by atoms with Gasteiger partial charge in [-0.25, -0.2) is 9.36 Å². The number of fused-ring (bicyclic) bond motifs is 3. The van der Waals surface area contributed by atoms with Crippen LogP contribution in [0.2, 0.25) is 0 Å². The Morgan fingerprint density at radius 1 is 1.19 bits per heavy atom. The molecule has 2 aromatic carbocycles. The standard InChI is InChI=1S/C20H17N3O4/c1-2-27-20(25)23-15-11-7-6-10-14(15)17-19(23)18(13-8-4-3-5-9-13)22(26)12-16(24)21-17/h3-11H,2,12H2,1H3,(H,21,24). The highest BCUT2D eigenvalue weighted by Crippen LogP contribution is 2.34. The molecule has 0 spiro atoms. The molecule has 1 aliphatic rings. The minimum atomic E-state index is -0.604. The molecule has 0 saturated heterocycles. The van der Waals surface area contributed by atoms with Gasteiger partial charge in [0.1, 0.15) is 5.69 Å². The first-order valence-corrected chi connectivity index (χ1v) is 8.59. The maximum Gasteiger partial charge on any atom is 0.419 e. The van der Waals surface area contributed by atoms with Crippen molar-refractivity contribution >= 4 is 34.3 Å². The highest BCUT2D eigenvalue weighted by atomic mass is 16.5. The third kappa shape index (κ3) is 2.73. The molecule has 27 heavy (non-hydrogen) atoms. The van der Waals surface area contributed by atoms with Crippen molar-refractivity contribution in [1.82, 2.24) is 4.57 Å². The highest BCUT2D eigenvalue weighted by molar-refractivity contribution is 6.22. The fraction of sp³-hybridized carbons (Fsp3) is 0.150. The topological polar surface area (TPSA) is 86.4 Å². The first kappa shape index (κ1) is 16.8. The number of hydrogen-bond donors (Lipinski definition) is 1. The normalized spacial score (nSPS) is 13.9. The molecule has 7 heteroatoms. The Hall–Kier alpha value is -3.61. The van der Waals surface area contributed by atoms with Gasteiger partial charge in [0.05, 0.1) is 17.8 Å². The molecule has 0 saturated carbocycles. The summed E-state index contributed by atoms with van der Waals surface area (Å²) in [7, 11) is 0. The minimum absolute atomic E-state index is 0.189. The van der Waals surface area contributed by atoms with Gasteiger partial charge in [-0.1, -0.05) is 36.4 Å². The van der Waals surface area contributed by atoms with Gasteiger partial charge in [0.25, 0.3) is 5.91 Å². The summed E-state index contributed by atoms with van der Waals surface area (Å²) in [6.45, 7) is 1.54. The molecule has 0 aliphatic carbocycles. The van der Waals surface area contributed by atoms with Crippen LogP contribution in [0.5, 0.6) is 0 Å². The molecule has 1 N–H and O–H groups in total. The Balaban J connectivity index is 2.12. The lowest BCUT2D eigenvalue weighted by Crippen LogP contribution is -2.26. The largest absolute Gasteiger partial charge is 0.623 e. The smallest absolute Gasteiger partial charge is 0.419 e. The summed E-state index contributed by atoms with van der Waals surface area (Å²) in [4.78, 5) is 25.1. The maximum atomic E-state index is 12.9. The van der Waals surface area contributed by atoms with Crippen LogP contribution in [0.4, 0.5) is 10.5 Å². The second kappa shape index (κ2) is 6.60. The van der Waals surface area contributed by atoms with E-state index in [1.165, 1.54) is 4.57 Å². The van der Waals surface area contributed by atoms with Gasteiger partial charge >= 0.3 is 6.09 Å². The van der Waals surface area contributed by atoms with E-state index in [1.807, 2.05) is 12.1 Å². The van der Waals surface area contributed by atoms with E-state index in [9.17, 15) is 14.8 Å². The molecule has 0 unspecified atom stereocenters. The molecule has 0 atom stereocenters. The van der Waals surface area contributed by atoms with Gasteiger partial charge in [-0.15, -0.1) is 0 Å². The van der Waals surface area contributed by atoms with Crippen LogP contribution in [0, 0.1) is 5.21 Å². The van der Waals surface area contributed by atoms with E-state index >= 15 is 0 Å². The summed E-state index contributed by atoms with van der Waals surface area (Å²) in [5.41, 5.74) is 2.17. The lowest BCUT2D eigenvalue weighted by Gasteiger charge is -2.12. The number of rotatable bonds is 2. The lowest BCUT2D eigenvalue weighted by atomic mass is 10.1. The first-order valence-electron chi connectivity index (χ1n) is 8.59. The Morgan fingerprint density at radius 3 is 2.63 bits per heavy atom. The number of ether oxygens (including phenoxy) is 1. The Kier molecular flexibility index (Phi) is 4.12. The number of carbonyl (C=O) groups is 2. The van der Waals surface area contributed by atoms with Gasteiger partial charge in [0.2, 0.25) is 12.3 Å². The summed E-state index contributed by atoms with van der Waals surface area (Å²) >= 11 is 0. The predicted octanol–water partition coefficient (Wildman–Crippen LogP) is 2.95. The van der Waals surface area contributed by atoms with Crippen molar-refractivity contribution in [3.63, 3.8) is 0 Å². The van der Waals surface area contributed by atoms with E-state index in [-0.39, 0.29) is 18.9 Å². The SMILES string of the molecule is CCOC(=O)n1c2c(c3ccccc31)NC(=O)C[N+]([O-])=C2c1ccccc1. The molecule has 0 radical (unpaired) electrons. The third-order valence-electron chi connectivity index (χ3n) is 4.40. The Bertz CT molecular complexity index is 1080. The zero-order valence-electron chi connectivity index (χ0n) is 14.6. The molecule has 2 heterocycles. The molecule has 0 bridgehead atoms. The quantitative estimate of drug-likeness (QED) is 0.560. The molecule has 1 aliphatic heterocycles. The van der Waals surface area contributed by atoms with Crippen LogP contribution in [0.15, 0.2) is 54.6 Å². The number of hydrogen-bond acceptors (Lipinski definition) is 4. The minimum Gasteiger partial charge on any atom is -0.623 e. The zero-order valence-corrected chi connectivity index (χ0v) is 14.6. The van der Waals surface area contributed by atoms with E-state index < -0.39 is 12.0 Å². The first-order chi connectivity index (χ1) is 13.1. The van der Waals surface area contributed by atoms with E-state index in [0.29, 0.717) is 32.6 Å². The molecule has 0 fully saturated rings. The molecule has 4 rings (SSSR count). The summed E-state index contributed by atoms with van der Waals surface area (Å²) < 4.78 is 7.20. The second-order valence-electron chi connectivity index (χ2n) is 6.07. The van der Waals surface area contributed by atoms with Crippen LogP contribution >= 0.6 is 0 Å². The van der Waals surface area contributed by atoms with Gasteiger partial charge < -0.3 is 15.3 Å². The number of nitrogens with one attached hydrogen (secondary N) is 1. The van der Waals surface area contributed by atoms with Gasteiger partial charge in [-0.3, -0.25) is 4.79 Å². The molecule has 3 aromatic rings. The van der Waals surface area contributed by atoms with Crippen molar-refractivity contribution in [2.24, 2.45) is 0 Å². The number of benzene rings is 2. The molecule has 7 nitrogen and oxygen atoms in total. The molecule has 1 aromatic heterocycles. The van der Waals surface area contributed by atoms with Gasteiger partial charge in [0.15, 0.2) is 0 Å². The zero-order chi connectivity index (χ0) is 19.0. The fourth-order valence-corrected chi connectivity index (χ4v) is 3.35. The summed E-state index contributed by atoms with van der Waals surface area (Å²) in [5.74, 6) is -0.441. The van der Waals surface area contributed by atoms with Crippen molar-refractivity contribution < 1.29 is 19.1 Å². The number of amides is 1. The van der Waals surface area contributed by atoms with E-state index in [2.05, 4.69) is 5.32 Å². The number of nitrogens with zero attached hydrogens (tertiary/aromatic N) is 2. The average molecular weight is 363 g/mol. The van der Waals surface area contributed by atoms with Crippen molar-refractivity contribution in [2.75, 3.05) is 18.5 Å². The fourth-order valence-electron chi connectivity index (χ4n) is 3.35. The van der Waals surface area contributed by atoms with Gasteiger partial charge in [-0.05, 0) is 25.1 Å². The molecule has 1 amide bonds. The highest BCUT2D eigenvalue weighted by Gasteiger charge is 2.34. The van der Waals surface area contributed by atoms with Crippen molar-refractivity contribution in [2.45, 2.75) is 6.92 Å². The monoisotopic (exact) mass is 363 g/mol. The van der Waals surface area contributed by atoms with Crippen LogP contribution in [-0.2, 0) is 9.53 Å². The number of aromatic nitrogens is 1. The molecular formula is C20H17N3O4. The lowest BCUT2D eigenvalue weighted by molar-refractivity contribution is -0.443.